The zero-order valence-electron chi connectivity index (χ0n) is 11.1. The van der Waals surface area contributed by atoms with Gasteiger partial charge in [-0.2, -0.15) is 15.0 Å². The van der Waals surface area contributed by atoms with Crippen molar-refractivity contribution in [2.75, 3.05) is 0 Å². The smallest absolute Gasteiger partial charge is 0.124 e. The van der Waals surface area contributed by atoms with Gasteiger partial charge < -0.3 is 5.11 Å². The van der Waals surface area contributed by atoms with Crippen LogP contribution in [0.3, 0.4) is 0 Å². The Morgan fingerprint density at radius 1 is 1.00 bits per heavy atom. The molecule has 100 valence electrons. The molecule has 1 heterocycles. The molecule has 0 radical (unpaired) electrons. The van der Waals surface area contributed by atoms with Crippen LogP contribution in [0.2, 0.25) is 0 Å². The molecule has 1 unspecified atom stereocenters. The minimum Gasteiger partial charge on any atom is -0.382 e. The molecule has 4 nitrogen and oxygen atoms in total. The molecule has 0 fully saturated rings. The van der Waals surface area contributed by atoms with Crippen LogP contribution < -0.4 is 0 Å². The normalized spacial score (nSPS) is 12.3. The van der Waals surface area contributed by atoms with Crippen LogP contribution in [-0.2, 0) is 0 Å². The molecular weight excluding hydrogens is 250 g/mol. The molecule has 1 atom stereocenters. The van der Waals surface area contributed by atoms with E-state index in [4.69, 9.17) is 0 Å². The molecule has 1 aromatic heterocycles. The molecule has 0 spiro atoms. The fourth-order valence-corrected chi connectivity index (χ4v) is 2.01. The molecule has 3 rings (SSSR count). The number of aromatic nitrogens is 3. The lowest BCUT2D eigenvalue weighted by Crippen LogP contribution is -2.03. The van der Waals surface area contributed by atoms with Gasteiger partial charge in [0.1, 0.15) is 11.8 Å². The summed E-state index contributed by atoms with van der Waals surface area (Å²) < 4.78 is 0. The highest BCUT2D eigenvalue weighted by atomic mass is 16.3. The Hall–Kier alpha value is -2.46. The van der Waals surface area contributed by atoms with E-state index in [0.717, 1.165) is 16.8 Å². The van der Waals surface area contributed by atoms with Gasteiger partial charge >= 0.3 is 0 Å². The molecule has 4 heteroatoms. The summed E-state index contributed by atoms with van der Waals surface area (Å²) >= 11 is 0. The lowest BCUT2D eigenvalue weighted by atomic mass is 10.1. The van der Waals surface area contributed by atoms with Crippen molar-refractivity contribution in [1.82, 2.24) is 15.0 Å². The lowest BCUT2D eigenvalue weighted by Gasteiger charge is -2.07. The maximum absolute atomic E-state index is 10.3. The van der Waals surface area contributed by atoms with Gasteiger partial charge in [0.05, 0.1) is 11.9 Å². The maximum Gasteiger partial charge on any atom is 0.124 e. The van der Waals surface area contributed by atoms with Crippen LogP contribution in [-0.4, -0.2) is 20.1 Å². The SMILES string of the molecule is Cc1ccc(C(O)c2cnn(-c3ccccc3)n2)cc1. The highest BCUT2D eigenvalue weighted by Crippen LogP contribution is 2.20. The molecule has 0 aliphatic carbocycles. The lowest BCUT2D eigenvalue weighted by molar-refractivity contribution is 0.214. The molecule has 3 aromatic rings. The second kappa shape index (κ2) is 5.27. The summed E-state index contributed by atoms with van der Waals surface area (Å²) in [5, 5.41) is 18.9. The molecule has 1 N–H and O–H groups in total. The minimum atomic E-state index is -0.756. The van der Waals surface area contributed by atoms with Crippen LogP contribution in [0.5, 0.6) is 0 Å². The topological polar surface area (TPSA) is 50.9 Å². The van der Waals surface area contributed by atoms with Gasteiger partial charge in [0.2, 0.25) is 0 Å². The average molecular weight is 265 g/mol. The molecule has 0 saturated heterocycles. The second-order valence-corrected chi connectivity index (χ2v) is 4.71. The first-order valence-corrected chi connectivity index (χ1v) is 6.46. The van der Waals surface area contributed by atoms with Gasteiger partial charge in [0, 0.05) is 0 Å². The summed E-state index contributed by atoms with van der Waals surface area (Å²) in [5.74, 6) is 0. The number of hydrogen-bond donors (Lipinski definition) is 1. The molecule has 0 aliphatic rings. The number of para-hydroxylation sites is 1. The van der Waals surface area contributed by atoms with Crippen LogP contribution in [0.1, 0.15) is 22.9 Å². The monoisotopic (exact) mass is 265 g/mol. The molecule has 0 saturated carbocycles. The fraction of sp³-hybridized carbons (Fsp3) is 0.125. The predicted octanol–water partition coefficient (Wildman–Crippen LogP) is 2.66. The summed E-state index contributed by atoms with van der Waals surface area (Å²) in [4.78, 5) is 1.52. The summed E-state index contributed by atoms with van der Waals surface area (Å²) in [7, 11) is 0. The number of aryl methyl sites for hydroxylation is 1. The first-order chi connectivity index (χ1) is 9.74. The summed E-state index contributed by atoms with van der Waals surface area (Å²) in [6.07, 6.45) is 0.838. The zero-order chi connectivity index (χ0) is 13.9. The molecule has 0 aliphatic heterocycles. The third-order valence-electron chi connectivity index (χ3n) is 3.17. The van der Waals surface area contributed by atoms with E-state index in [0.29, 0.717) is 5.69 Å². The summed E-state index contributed by atoms with van der Waals surface area (Å²) in [6.45, 7) is 2.02. The number of rotatable bonds is 3. The first-order valence-electron chi connectivity index (χ1n) is 6.46. The van der Waals surface area contributed by atoms with Gasteiger partial charge in [-0.05, 0) is 24.6 Å². The maximum atomic E-state index is 10.3. The number of nitrogens with zero attached hydrogens (tertiary/aromatic N) is 3. The standard InChI is InChI=1S/C16H15N3O/c1-12-7-9-13(10-8-12)16(20)15-11-17-19(18-15)14-5-3-2-4-6-14/h2-11,16,20H,1H3. The van der Waals surface area contributed by atoms with Crippen molar-refractivity contribution in [3.05, 3.63) is 77.6 Å². The Kier molecular flexibility index (Phi) is 3.31. The molecule has 2 aromatic carbocycles. The number of aliphatic hydroxyl groups is 1. The number of benzene rings is 2. The second-order valence-electron chi connectivity index (χ2n) is 4.71. The Balaban J connectivity index is 1.88. The van der Waals surface area contributed by atoms with E-state index in [1.807, 2.05) is 61.5 Å². The highest BCUT2D eigenvalue weighted by molar-refractivity contribution is 5.30. The fourth-order valence-electron chi connectivity index (χ4n) is 2.01. The first kappa shape index (κ1) is 12.6. The molecular formula is C16H15N3O. The van der Waals surface area contributed by atoms with Crippen molar-refractivity contribution in [3.8, 4) is 5.69 Å². The van der Waals surface area contributed by atoms with Gasteiger partial charge in [-0.15, -0.1) is 0 Å². The summed E-state index contributed by atoms with van der Waals surface area (Å²) in [6, 6.07) is 17.4. The number of hydrogen-bond acceptors (Lipinski definition) is 3. The van der Waals surface area contributed by atoms with Crippen molar-refractivity contribution in [2.45, 2.75) is 13.0 Å². The minimum absolute atomic E-state index is 0.540. The predicted molar refractivity (Wildman–Crippen MR) is 76.6 cm³/mol. The van der Waals surface area contributed by atoms with Gasteiger partial charge in [-0.3, -0.25) is 0 Å². The van der Waals surface area contributed by atoms with Crippen molar-refractivity contribution < 1.29 is 5.11 Å². The molecule has 20 heavy (non-hydrogen) atoms. The van der Waals surface area contributed by atoms with E-state index in [1.165, 1.54) is 4.80 Å². The van der Waals surface area contributed by atoms with E-state index in [9.17, 15) is 5.11 Å². The van der Waals surface area contributed by atoms with Gasteiger partial charge in [-0.1, -0.05) is 48.0 Å². The van der Waals surface area contributed by atoms with Crippen molar-refractivity contribution in [3.63, 3.8) is 0 Å². The largest absolute Gasteiger partial charge is 0.382 e. The number of aliphatic hydroxyl groups excluding tert-OH is 1. The third-order valence-corrected chi connectivity index (χ3v) is 3.17. The van der Waals surface area contributed by atoms with E-state index < -0.39 is 6.10 Å². The van der Waals surface area contributed by atoms with Crippen LogP contribution in [0.4, 0.5) is 0 Å². The Labute approximate surface area is 117 Å². The van der Waals surface area contributed by atoms with Gasteiger partial charge in [-0.25, -0.2) is 0 Å². The Morgan fingerprint density at radius 3 is 2.40 bits per heavy atom. The van der Waals surface area contributed by atoms with Gasteiger partial charge in [0.25, 0.3) is 0 Å². The van der Waals surface area contributed by atoms with E-state index >= 15 is 0 Å². The van der Waals surface area contributed by atoms with Crippen molar-refractivity contribution in [1.29, 1.82) is 0 Å². The van der Waals surface area contributed by atoms with Crippen LogP contribution in [0.15, 0.2) is 60.8 Å². The van der Waals surface area contributed by atoms with Crippen LogP contribution in [0.25, 0.3) is 5.69 Å². The average Bonchev–Trinajstić information content (AvgIpc) is 2.98. The Morgan fingerprint density at radius 2 is 1.70 bits per heavy atom. The van der Waals surface area contributed by atoms with Crippen LogP contribution >= 0.6 is 0 Å². The van der Waals surface area contributed by atoms with E-state index in [1.54, 1.807) is 6.20 Å². The highest BCUT2D eigenvalue weighted by Gasteiger charge is 2.14. The van der Waals surface area contributed by atoms with Gasteiger partial charge in [0.15, 0.2) is 0 Å². The van der Waals surface area contributed by atoms with Crippen molar-refractivity contribution >= 4 is 0 Å². The van der Waals surface area contributed by atoms with Crippen LogP contribution in [0, 0.1) is 6.92 Å². The quantitative estimate of drug-likeness (QED) is 0.792. The van der Waals surface area contributed by atoms with Crippen molar-refractivity contribution in [2.24, 2.45) is 0 Å². The third kappa shape index (κ3) is 2.46. The summed E-state index contributed by atoms with van der Waals surface area (Å²) in [5.41, 5.74) is 3.39. The van der Waals surface area contributed by atoms with E-state index in [2.05, 4.69) is 10.2 Å². The molecule has 0 bridgehead atoms. The zero-order valence-corrected chi connectivity index (χ0v) is 11.1. The molecule has 0 amide bonds. The Bertz CT molecular complexity index is 689. The van der Waals surface area contributed by atoms with E-state index in [-0.39, 0.29) is 0 Å².